The van der Waals surface area contributed by atoms with E-state index < -0.39 is 5.97 Å². The number of rotatable bonds is 4. The normalized spacial score (nSPS) is 10.7. The molecular weight excluding hydrogens is 341 g/mol. The van der Waals surface area contributed by atoms with Gasteiger partial charge in [0.2, 0.25) is 0 Å². The number of nitrogen functional groups attached to an aromatic ring is 1. The minimum atomic E-state index is -0.568. The van der Waals surface area contributed by atoms with Crippen LogP contribution in [-0.2, 0) is 11.2 Å². The molecule has 21 heavy (non-hydrogen) atoms. The summed E-state index contributed by atoms with van der Waals surface area (Å²) in [7, 11) is 0. The quantitative estimate of drug-likeness (QED) is 0.855. The van der Waals surface area contributed by atoms with E-state index in [-0.39, 0.29) is 23.9 Å². The van der Waals surface area contributed by atoms with Crippen molar-refractivity contribution in [2.75, 3.05) is 12.3 Å². The van der Waals surface area contributed by atoms with E-state index in [4.69, 9.17) is 10.5 Å². The molecule has 0 fully saturated rings. The molecule has 1 aromatic carbocycles. The van der Waals surface area contributed by atoms with Crippen molar-refractivity contribution in [3.05, 3.63) is 40.0 Å². The first-order valence-corrected chi connectivity index (χ1v) is 7.28. The van der Waals surface area contributed by atoms with Crippen LogP contribution in [0.2, 0.25) is 0 Å². The highest BCUT2D eigenvalue weighted by Gasteiger charge is 2.22. The van der Waals surface area contributed by atoms with Gasteiger partial charge >= 0.3 is 5.97 Å². The predicted molar refractivity (Wildman–Crippen MR) is 81.0 cm³/mol. The summed E-state index contributed by atoms with van der Waals surface area (Å²) >= 11 is 3.30. The number of hydrogen-bond donors (Lipinski definition) is 1. The number of esters is 1. The summed E-state index contributed by atoms with van der Waals surface area (Å²) in [6.45, 7) is 3.85. The number of nitrogens with zero attached hydrogens (tertiary/aromatic N) is 2. The number of hydrogen-bond acceptors (Lipinski definition) is 4. The number of halogens is 2. The molecule has 0 aliphatic heterocycles. The number of aryl methyl sites for hydroxylation is 1. The second kappa shape index (κ2) is 6.26. The number of carbonyl (C=O) groups is 1. The third-order valence-electron chi connectivity index (χ3n) is 2.92. The Labute approximate surface area is 130 Å². The summed E-state index contributed by atoms with van der Waals surface area (Å²) in [4.78, 5) is 16.1. The Bertz CT molecular complexity index is 685. The van der Waals surface area contributed by atoms with E-state index in [1.54, 1.807) is 17.6 Å². The fourth-order valence-electron chi connectivity index (χ4n) is 2.00. The van der Waals surface area contributed by atoms with Crippen LogP contribution in [0, 0.1) is 5.82 Å². The van der Waals surface area contributed by atoms with Crippen molar-refractivity contribution in [1.29, 1.82) is 0 Å². The summed E-state index contributed by atoms with van der Waals surface area (Å²) in [6.07, 6.45) is 0.563. The van der Waals surface area contributed by atoms with Gasteiger partial charge in [0.1, 0.15) is 17.5 Å². The molecule has 112 valence electrons. The van der Waals surface area contributed by atoms with Crippen molar-refractivity contribution < 1.29 is 13.9 Å². The van der Waals surface area contributed by atoms with Gasteiger partial charge < -0.3 is 10.5 Å². The highest BCUT2D eigenvalue weighted by molar-refractivity contribution is 9.10. The lowest BCUT2D eigenvalue weighted by Crippen LogP contribution is -2.10. The van der Waals surface area contributed by atoms with Crippen LogP contribution in [-0.4, -0.2) is 22.1 Å². The Morgan fingerprint density at radius 1 is 1.48 bits per heavy atom. The van der Waals surface area contributed by atoms with E-state index in [9.17, 15) is 9.18 Å². The van der Waals surface area contributed by atoms with Gasteiger partial charge in [0, 0.05) is 10.9 Å². The molecule has 0 atom stereocenters. The Morgan fingerprint density at radius 2 is 2.19 bits per heavy atom. The van der Waals surface area contributed by atoms with E-state index in [0.29, 0.717) is 22.4 Å². The second-order valence-corrected chi connectivity index (χ2v) is 5.12. The van der Waals surface area contributed by atoms with Crippen LogP contribution >= 0.6 is 15.9 Å². The van der Waals surface area contributed by atoms with Crippen molar-refractivity contribution in [2.45, 2.75) is 20.3 Å². The molecule has 0 saturated carbocycles. The second-order valence-electron chi connectivity index (χ2n) is 4.27. The lowest BCUT2D eigenvalue weighted by atomic mass is 10.3. The average Bonchev–Trinajstić information content (AvgIpc) is 2.76. The zero-order valence-electron chi connectivity index (χ0n) is 11.7. The fraction of sp³-hybridized carbons (Fsp3) is 0.286. The molecule has 7 heteroatoms. The number of imidazole rings is 1. The zero-order chi connectivity index (χ0) is 15.6. The Kier molecular flexibility index (Phi) is 4.62. The van der Waals surface area contributed by atoms with Crippen LogP contribution in [0.3, 0.4) is 0 Å². The van der Waals surface area contributed by atoms with Crippen LogP contribution in [0.1, 0.15) is 30.2 Å². The number of ether oxygens (including phenoxy) is 1. The molecule has 0 unspecified atom stereocenters. The molecule has 1 heterocycles. The molecule has 0 radical (unpaired) electrons. The molecule has 0 bridgehead atoms. The van der Waals surface area contributed by atoms with Crippen molar-refractivity contribution in [3.63, 3.8) is 0 Å². The van der Waals surface area contributed by atoms with Crippen LogP contribution in [0.5, 0.6) is 0 Å². The highest BCUT2D eigenvalue weighted by atomic mass is 79.9. The van der Waals surface area contributed by atoms with E-state index in [0.717, 1.165) is 0 Å². The first-order chi connectivity index (χ1) is 9.99. The molecule has 2 rings (SSSR count). The number of benzene rings is 1. The number of nitrogens with two attached hydrogens (primary N) is 1. The number of carbonyl (C=O) groups excluding carboxylic acids is 1. The molecule has 0 amide bonds. The van der Waals surface area contributed by atoms with Gasteiger partial charge in [-0.15, -0.1) is 0 Å². The van der Waals surface area contributed by atoms with Crippen LogP contribution < -0.4 is 5.73 Å². The standard InChI is InChI=1S/C14H15BrFN3O2/c1-3-11-18-12(14(20)21-4-2)13(17)19(11)10-6-5-8(16)7-9(10)15/h5-7H,3-4,17H2,1-2H3. The molecule has 0 aliphatic rings. The van der Waals surface area contributed by atoms with E-state index in [2.05, 4.69) is 20.9 Å². The molecule has 5 nitrogen and oxygen atoms in total. The first-order valence-electron chi connectivity index (χ1n) is 6.49. The Balaban J connectivity index is 2.60. The maximum absolute atomic E-state index is 13.2. The van der Waals surface area contributed by atoms with Gasteiger partial charge in [-0.2, -0.15) is 0 Å². The van der Waals surface area contributed by atoms with E-state index >= 15 is 0 Å². The predicted octanol–water partition coefficient (Wildman–Crippen LogP) is 3.10. The minimum absolute atomic E-state index is 0.0740. The highest BCUT2D eigenvalue weighted by Crippen LogP contribution is 2.28. The van der Waals surface area contributed by atoms with E-state index in [1.807, 2.05) is 6.92 Å². The van der Waals surface area contributed by atoms with Gasteiger partial charge in [0.25, 0.3) is 0 Å². The third kappa shape index (κ3) is 2.92. The van der Waals surface area contributed by atoms with Crippen molar-refractivity contribution in [1.82, 2.24) is 9.55 Å². The van der Waals surface area contributed by atoms with Crippen molar-refractivity contribution >= 4 is 27.7 Å². The lowest BCUT2D eigenvalue weighted by Gasteiger charge is -2.11. The summed E-state index contributed by atoms with van der Waals surface area (Å²) in [5, 5.41) is 0. The molecule has 1 aromatic heterocycles. The largest absolute Gasteiger partial charge is 0.461 e. The molecule has 0 aliphatic carbocycles. The maximum Gasteiger partial charge on any atom is 0.360 e. The molecule has 2 aromatic rings. The summed E-state index contributed by atoms with van der Waals surface area (Å²) < 4.78 is 20.3. The van der Waals surface area contributed by atoms with Crippen molar-refractivity contribution in [3.8, 4) is 5.69 Å². The first kappa shape index (κ1) is 15.5. The SMILES string of the molecule is CCOC(=O)c1nc(CC)n(-c2ccc(F)cc2Br)c1N. The number of aromatic nitrogens is 2. The van der Waals surface area contributed by atoms with Gasteiger partial charge in [-0.1, -0.05) is 6.92 Å². The molecule has 2 N–H and O–H groups in total. The lowest BCUT2D eigenvalue weighted by molar-refractivity contribution is 0.0521. The summed E-state index contributed by atoms with van der Waals surface area (Å²) in [5.74, 6) is -0.157. The zero-order valence-corrected chi connectivity index (χ0v) is 13.3. The topological polar surface area (TPSA) is 70.1 Å². The molecule has 0 saturated heterocycles. The summed E-state index contributed by atoms with van der Waals surface area (Å²) in [5.41, 5.74) is 6.73. The van der Waals surface area contributed by atoms with Gasteiger partial charge in [0.05, 0.1) is 12.3 Å². The van der Waals surface area contributed by atoms with Crippen LogP contribution in [0.25, 0.3) is 5.69 Å². The minimum Gasteiger partial charge on any atom is -0.461 e. The Hall–Kier alpha value is -1.89. The van der Waals surface area contributed by atoms with Gasteiger partial charge in [0.15, 0.2) is 5.69 Å². The monoisotopic (exact) mass is 355 g/mol. The van der Waals surface area contributed by atoms with Gasteiger partial charge in [-0.3, -0.25) is 4.57 Å². The van der Waals surface area contributed by atoms with Crippen LogP contribution in [0.4, 0.5) is 10.2 Å². The summed E-state index contributed by atoms with van der Waals surface area (Å²) in [6, 6.07) is 4.23. The molecular formula is C14H15BrFN3O2. The maximum atomic E-state index is 13.2. The smallest absolute Gasteiger partial charge is 0.360 e. The Morgan fingerprint density at radius 3 is 2.76 bits per heavy atom. The molecule has 0 spiro atoms. The average molecular weight is 356 g/mol. The number of anilines is 1. The van der Waals surface area contributed by atoms with Gasteiger partial charge in [-0.25, -0.2) is 14.2 Å². The fourth-order valence-corrected chi connectivity index (χ4v) is 2.53. The van der Waals surface area contributed by atoms with E-state index in [1.165, 1.54) is 12.1 Å². The third-order valence-corrected chi connectivity index (χ3v) is 3.55. The van der Waals surface area contributed by atoms with Gasteiger partial charge in [-0.05, 0) is 41.1 Å². The van der Waals surface area contributed by atoms with Crippen LogP contribution in [0.15, 0.2) is 22.7 Å². The van der Waals surface area contributed by atoms with Crippen molar-refractivity contribution in [2.24, 2.45) is 0 Å².